The average Bonchev–Trinajstić information content (AvgIpc) is 3.10. The zero-order valence-corrected chi connectivity index (χ0v) is 14.5. The summed E-state index contributed by atoms with van der Waals surface area (Å²) in [6.45, 7) is 0.915. The highest BCUT2D eigenvalue weighted by Crippen LogP contribution is 2.35. The van der Waals surface area contributed by atoms with Gasteiger partial charge in [-0.2, -0.15) is 0 Å². The summed E-state index contributed by atoms with van der Waals surface area (Å²) in [6, 6.07) is 2.26. The molecule has 0 aromatic carbocycles. The number of likely N-dealkylation sites (tertiary alicyclic amines) is 1. The molecule has 0 unspecified atom stereocenters. The summed E-state index contributed by atoms with van der Waals surface area (Å²) in [4.78, 5) is 28.0. The first kappa shape index (κ1) is 15.7. The van der Waals surface area contributed by atoms with Gasteiger partial charge in [0.15, 0.2) is 10.8 Å². The van der Waals surface area contributed by atoms with Crippen LogP contribution < -0.4 is 0 Å². The fourth-order valence-corrected chi connectivity index (χ4v) is 4.86. The SMILES string of the molecule is O=C(Cc1csc(-c2ncccn2)n1)N1CCC[C@H]2CCCC[C@H]21. The second kappa shape index (κ2) is 6.97. The van der Waals surface area contributed by atoms with E-state index in [-0.39, 0.29) is 5.91 Å². The predicted molar refractivity (Wildman–Crippen MR) is 93.5 cm³/mol. The smallest absolute Gasteiger partial charge is 0.228 e. The molecule has 1 saturated carbocycles. The van der Waals surface area contributed by atoms with Gasteiger partial charge in [-0.1, -0.05) is 12.8 Å². The Morgan fingerprint density at radius 3 is 2.83 bits per heavy atom. The first-order valence-corrected chi connectivity index (χ1v) is 9.70. The Balaban J connectivity index is 1.45. The number of hydrogen-bond acceptors (Lipinski definition) is 5. The van der Waals surface area contributed by atoms with Crippen molar-refractivity contribution in [3.63, 3.8) is 0 Å². The van der Waals surface area contributed by atoms with E-state index in [1.54, 1.807) is 18.5 Å². The molecule has 2 fully saturated rings. The number of thiazole rings is 1. The van der Waals surface area contributed by atoms with Crippen LogP contribution in [0.25, 0.3) is 10.8 Å². The molecule has 24 heavy (non-hydrogen) atoms. The molecule has 0 N–H and O–H groups in total. The summed E-state index contributed by atoms with van der Waals surface area (Å²) >= 11 is 1.51. The summed E-state index contributed by atoms with van der Waals surface area (Å²) in [5.74, 6) is 1.59. The van der Waals surface area contributed by atoms with E-state index in [2.05, 4.69) is 19.9 Å². The Morgan fingerprint density at radius 2 is 1.96 bits per heavy atom. The van der Waals surface area contributed by atoms with Crippen molar-refractivity contribution in [2.75, 3.05) is 6.54 Å². The summed E-state index contributed by atoms with van der Waals surface area (Å²) in [7, 11) is 0. The Kier molecular flexibility index (Phi) is 4.56. The average molecular weight is 342 g/mol. The number of piperidine rings is 1. The maximum atomic E-state index is 12.8. The second-order valence-corrected chi connectivity index (χ2v) is 7.59. The lowest BCUT2D eigenvalue weighted by Gasteiger charge is -2.44. The summed E-state index contributed by atoms with van der Waals surface area (Å²) < 4.78 is 0. The lowest BCUT2D eigenvalue weighted by molar-refractivity contribution is -0.136. The van der Waals surface area contributed by atoms with Crippen LogP contribution in [-0.2, 0) is 11.2 Å². The van der Waals surface area contributed by atoms with Crippen LogP contribution in [0.15, 0.2) is 23.8 Å². The number of nitrogens with zero attached hydrogens (tertiary/aromatic N) is 4. The van der Waals surface area contributed by atoms with E-state index in [9.17, 15) is 4.79 Å². The third kappa shape index (κ3) is 3.20. The van der Waals surface area contributed by atoms with Crippen molar-refractivity contribution in [1.82, 2.24) is 19.9 Å². The lowest BCUT2D eigenvalue weighted by Crippen LogP contribution is -2.50. The molecule has 2 aromatic rings. The zero-order chi connectivity index (χ0) is 16.4. The zero-order valence-electron chi connectivity index (χ0n) is 13.7. The molecule has 2 aliphatic rings. The van der Waals surface area contributed by atoms with Crippen LogP contribution in [0.4, 0.5) is 0 Å². The van der Waals surface area contributed by atoms with Crippen molar-refractivity contribution >= 4 is 17.2 Å². The van der Waals surface area contributed by atoms with Crippen molar-refractivity contribution in [2.24, 2.45) is 5.92 Å². The maximum absolute atomic E-state index is 12.8. The molecule has 0 bridgehead atoms. The number of carbonyl (C=O) groups excluding carboxylic acids is 1. The van der Waals surface area contributed by atoms with Crippen LogP contribution in [0.3, 0.4) is 0 Å². The van der Waals surface area contributed by atoms with Gasteiger partial charge in [-0.25, -0.2) is 15.0 Å². The van der Waals surface area contributed by atoms with E-state index in [1.807, 2.05) is 5.38 Å². The van der Waals surface area contributed by atoms with E-state index in [0.29, 0.717) is 18.3 Å². The normalized spacial score (nSPS) is 23.8. The lowest BCUT2D eigenvalue weighted by atomic mass is 9.78. The molecule has 1 aliphatic heterocycles. The minimum atomic E-state index is 0.234. The van der Waals surface area contributed by atoms with Crippen LogP contribution in [-0.4, -0.2) is 38.3 Å². The van der Waals surface area contributed by atoms with Gasteiger partial charge in [0.1, 0.15) is 0 Å². The monoisotopic (exact) mass is 342 g/mol. The van der Waals surface area contributed by atoms with E-state index in [4.69, 9.17) is 0 Å². The molecule has 1 amide bonds. The third-order valence-corrected chi connectivity index (χ3v) is 6.09. The molecule has 6 heteroatoms. The maximum Gasteiger partial charge on any atom is 0.228 e. The highest BCUT2D eigenvalue weighted by Gasteiger charge is 2.35. The quantitative estimate of drug-likeness (QED) is 0.858. The van der Waals surface area contributed by atoms with Crippen LogP contribution in [0, 0.1) is 5.92 Å². The predicted octanol–water partition coefficient (Wildman–Crippen LogP) is 3.32. The van der Waals surface area contributed by atoms with Crippen molar-refractivity contribution in [3.8, 4) is 10.8 Å². The van der Waals surface area contributed by atoms with Gasteiger partial charge in [-0.05, 0) is 37.7 Å². The van der Waals surface area contributed by atoms with Gasteiger partial charge < -0.3 is 4.90 Å². The first-order chi connectivity index (χ1) is 11.8. The summed E-state index contributed by atoms with van der Waals surface area (Å²) in [6.07, 6.45) is 11.3. The van der Waals surface area contributed by atoms with E-state index in [0.717, 1.165) is 29.6 Å². The highest BCUT2D eigenvalue weighted by molar-refractivity contribution is 7.13. The molecule has 0 radical (unpaired) electrons. The number of hydrogen-bond donors (Lipinski definition) is 0. The molecule has 4 rings (SSSR count). The second-order valence-electron chi connectivity index (χ2n) is 6.73. The van der Waals surface area contributed by atoms with E-state index < -0.39 is 0 Å². The van der Waals surface area contributed by atoms with Crippen molar-refractivity contribution in [1.29, 1.82) is 0 Å². The standard InChI is InChI=1S/C18H22N4OS/c23-16(22-10-3-6-13-5-1-2-7-15(13)22)11-14-12-24-18(21-14)17-19-8-4-9-20-17/h4,8-9,12-13,15H,1-3,5-7,10-11H2/t13-,15-/m1/s1. The number of fused-ring (bicyclic) bond motifs is 1. The summed E-state index contributed by atoms with van der Waals surface area (Å²) in [5.41, 5.74) is 0.838. The molecule has 1 aliphatic carbocycles. The summed E-state index contributed by atoms with van der Waals surface area (Å²) in [5, 5.41) is 2.75. The van der Waals surface area contributed by atoms with Gasteiger partial charge in [0, 0.05) is 30.4 Å². The van der Waals surface area contributed by atoms with Crippen LogP contribution in [0.5, 0.6) is 0 Å². The van der Waals surface area contributed by atoms with Crippen LogP contribution in [0.1, 0.15) is 44.2 Å². The Bertz CT molecular complexity index is 700. The van der Waals surface area contributed by atoms with Crippen LogP contribution in [0.2, 0.25) is 0 Å². The van der Waals surface area contributed by atoms with Crippen molar-refractivity contribution in [2.45, 2.75) is 51.0 Å². The Morgan fingerprint density at radius 1 is 1.17 bits per heavy atom. The topological polar surface area (TPSA) is 59.0 Å². The van der Waals surface area contributed by atoms with Gasteiger partial charge in [-0.3, -0.25) is 4.79 Å². The molecule has 1 saturated heterocycles. The Labute approximate surface area is 146 Å². The molecule has 5 nitrogen and oxygen atoms in total. The molecular weight excluding hydrogens is 320 g/mol. The van der Waals surface area contributed by atoms with E-state index >= 15 is 0 Å². The highest BCUT2D eigenvalue weighted by atomic mass is 32.1. The fourth-order valence-electron chi connectivity index (χ4n) is 4.09. The van der Waals surface area contributed by atoms with Gasteiger partial charge >= 0.3 is 0 Å². The van der Waals surface area contributed by atoms with Gasteiger partial charge in [0.25, 0.3) is 0 Å². The van der Waals surface area contributed by atoms with Crippen LogP contribution >= 0.6 is 11.3 Å². The molecule has 2 aromatic heterocycles. The molecule has 0 spiro atoms. The first-order valence-electron chi connectivity index (χ1n) is 8.82. The number of rotatable bonds is 3. The molecule has 2 atom stereocenters. The Hall–Kier alpha value is -1.82. The molecule has 3 heterocycles. The van der Waals surface area contributed by atoms with Crippen molar-refractivity contribution in [3.05, 3.63) is 29.5 Å². The fraction of sp³-hybridized carbons (Fsp3) is 0.556. The minimum Gasteiger partial charge on any atom is -0.339 e. The van der Waals surface area contributed by atoms with Gasteiger partial charge in [-0.15, -0.1) is 11.3 Å². The molecular formula is C18H22N4OS. The number of carbonyl (C=O) groups is 1. The van der Waals surface area contributed by atoms with Gasteiger partial charge in [0.2, 0.25) is 5.91 Å². The van der Waals surface area contributed by atoms with E-state index in [1.165, 1.54) is 43.4 Å². The number of aromatic nitrogens is 3. The number of amides is 1. The minimum absolute atomic E-state index is 0.234. The largest absolute Gasteiger partial charge is 0.339 e. The third-order valence-electron chi connectivity index (χ3n) is 5.20. The van der Waals surface area contributed by atoms with Crippen molar-refractivity contribution < 1.29 is 4.79 Å². The van der Waals surface area contributed by atoms with Gasteiger partial charge in [0.05, 0.1) is 12.1 Å². The molecule has 126 valence electrons.